The fourth-order valence-electron chi connectivity index (χ4n) is 2.22. The van der Waals surface area contributed by atoms with E-state index in [-0.39, 0.29) is 29.8 Å². The minimum absolute atomic E-state index is 0.0275. The van der Waals surface area contributed by atoms with Crippen LogP contribution in [0.25, 0.3) is 0 Å². The molecule has 0 bridgehead atoms. The van der Waals surface area contributed by atoms with Gasteiger partial charge in [-0.3, -0.25) is 9.59 Å². The molecular formula is C13H22N2O2. The molecule has 0 radical (unpaired) electrons. The van der Waals surface area contributed by atoms with E-state index in [1.165, 1.54) is 12.8 Å². The van der Waals surface area contributed by atoms with Crippen LogP contribution in [0.1, 0.15) is 40.0 Å². The lowest BCUT2D eigenvalue weighted by molar-refractivity contribution is -0.147. The summed E-state index contributed by atoms with van der Waals surface area (Å²) in [4.78, 5) is 25.6. The van der Waals surface area contributed by atoms with E-state index in [0.717, 1.165) is 18.9 Å². The van der Waals surface area contributed by atoms with E-state index in [9.17, 15) is 9.59 Å². The first kappa shape index (κ1) is 12.4. The van der Waals surface area contributed by atoms with Crippen LogP contribution in [0.5, 0.6) is 0 Å². The van der Waals surface area contributed by atoms with Crippen molar-refractivity contribution < 1.29 is 9.59 Å². The van der Waals surface area contributed by atoms with Gasteiger partial charge >= 0.3 is 0 Å². The van der Waals surface area contributed by atoms with Gasteiger partial charge in [0.2, 0.25) is 11.8 Å². The third kappa shape index (κ3) is 2.99. The number of nitrogens with zero attached hydrogens (tertiary/aromatic N) is 1. The summed E-state index contributed by atoms with van der Waals surface area (Å²) in [5, 5.41) is 2.81. The Morgan fingerprint density at radius 3 is 2.47 bits per heavy atom. The molecule has 4 nitrogen and oxygen atoms in total. The van der Waals surface area contributed by atoms with E-state index in [4.69, 9.17) is 0 Å². The van der Waals surface area contributed by atoms with E-state index in [2.05, 4.69) is 5.32 Å². The van der Waals surface area contributed by atoms with Gasteiger partial charge in [-0.2, -0.15) is 0 Å². The summed E-state index contributed by atoms with van der Waals surface area (Å²) in [6.45, 7) is 6.93. The molecule has 0 aromatic rings. The highest BCUT2D eigenvalue weighted by molar-refractivity contribution is 5.95. The maximum absolute atomic E-state index is 12.3. The first-order valence-corrected chi connectivity index (χ1v) is 6.46. The van der Waals surface area contributed by atoms with Crippen molar-refractivity contribution in [3.63, 3.8) is 0 Å². The number of carbonyl (C=O) groups is 2. The van der Waals surface area contributed by atoms with Gasteiger partial charge in [0.25, 0.3) is 0 Å². The monoisotopic (exact) mass is 238 g/mol. The molecule has 4 heteroatoms. The van der Waals surface area contributed by atoms with Gasteiger partial charge in [-0.25, -0.2) is 0 Å². The van der Waals surface area contributed by atoms with Crippen LogP contribution in [0, 0.1) is 11.3 Å². The van der Waals surface area contributed by atoms with Gasteiger partial charge in [-0.05, 0) is 17.8 Å². The Kier molecular flexibility index (Phi) is 3.15. The average molecular weight is 238 g/mol. The van der Waals surface area contributed by atoms with Crippen LogP contribution in [-0.4, -0.2) is 35.8 Å². The normalized spacial score (nSPS) is 26.1. The van der Waals surface area contributed by atoms with Crippen molar-refractivity contribution in [2.24, 2.45) is 11.3 Å². The summed E-state index contributed by atoms with van der Waals surface area (Å²) in [5.41, 5.74) is -0.217. The van der Waals surface area contributed by atoms with Gasteiger partial charge < -0.3 is 10.2 Å². The van der Waals surface area contributed by atoms with E-state index >= 15 is 0 Å². The molecule has 1 saturated carbocycles. The molecule has 1 saturated heterocycles. The molecule has 2 amide bonds. The zero-order chi connectivity index (χ0) is 12.6. The highest BCUT2D eigenvalue weighted by atomic mass is 16.2. The molecule has 1 unspecified atom stereocenters. The molecular weight excluding hydrogens is 216 g/mol. The standard InChI is InChI=1S/C13H22N2O2/c1-13(2,3)11-12(17)15(8-10(16)14-11)7-6-9-4-5-9/h9,11H,4-8H2,1-3H3,(H,14,16). The Labute approximate surface area is 103 Å². The average Bonchev–Trinajstić information content (AvgIpc) is 3.01. The second-order valence-corrected chi connectivity index (χ2v) is 6.36. The lowest BCUT2D eigenvalue weighted by Crippen LogP contribution is -2.62. The van der Waals surface area contributed by atoms with Gasteiger partial charge in [0.05, 0.1) is 6.54 Å². The quantitative estimate of drug-likeness (QED) is 0.802. The predicted molar refractivity (Wildman–Crippen MR) is 65.3 cm³/mol. The van der Waals surface area contributed by atoms with Crippen molar-refractivity contribution in [1.82, 2.24) is 10.2 Å². The summed E-state index contributed by atoms with van der Waals surface area (Å²) in [7, 11) is 0. The first-order valence-electron chi connectivity index (χ1n) is 6.46. The lowest BCUT2D eigenvalue weighted by atomic mass is 9.84. The molecule has 1 N–H and O–H groups in total. The third-order valence-corrected chi connectivity index (χ3v) is 3.57. The number of carbonyl (C=O) groups excluding carboxylic acids is 2. The molecule has 96 valence electrons. The zero-order valence-corrected chi connectivity index (χ0v) is 11.0. The van der Waals surface area contributed by atoms with E-state index in [0.29, 0.717) is 0 Å². The highest BCUT2D eigenvalue weighted by Gasteiger charge is 2.40. The Hall–Kier alpha value is -1.06. The zero-order valence-electron chi connectivity index (χ0n) is 11.0. The number of nitrogens with one attached hydrogen (secondary N) is 1. The third-order valence-electron chi connectivity index (χ3n) is 3.57. The van der Waals surface area contributed by atoms with Gasteiger partial charge in [-0.1, -0.05) is 33.6 Å². The smallest absolute Gasteiger partial charge is 0.246 e. The molecule has 0 aromatic carbocycles. The SMILES string of the molecule is CC(C)(C)C1NC(=O)CN(CCC2CC2)C1=O. The topological polar surface area (TPSA) is 49.4 Å². The van der Waals surface area contributed by atoms with Gasteiger partial charge in [0.1, 0.15) is 6.04 Å². The van der Waals surface area contributed by atoms with E-state index in [1.54, 1.807) is 4.90 Å². The maximum Gasteiger partial charge on any atom is 0.246 e. The fraction of sp³-hybridized carbons (Fsp3) is 0.846. The molecule has 1 heterocycles. The van der Waals surface area contributed by atoms with Crippen molar-refractivity contribution >= 4 is 11.8 Å². The second-order valence-electron chi connectivity index (χ2n) is 6.36. The Morgan fingerprint density at radius 1 is 1.29 bits per heavy atom. The molecule has 0 aromatic heterocycles. The van der Waals surface area contributed by atoms with Crippen LogP contribution in [0.2, 0.25) is 0 Å². The second kappa shape index (κ2) is 4.31. The summed E-state index contributed by atoms with van der Waals surface area (Å²) < 4.78 is 0. The van der Waals surface area contributed by atoms with Crippen molar-refractivity contribution in [1.29, 1.82) is 0 Å². The molecule has 1 aliphatic heterocycles. The number of amides is 2. The van der Waals surface area contributed by atoms with Crippen molar-refractivity contribution in [2.75, 3.05) is 13.1 Å². The largest absolute Gasteiger partial charge is 0.342 e. The van der Waals surface area contributed by atoms with Crippen LogP contribution in [0.4, 0.5) is 0 Å². The summed E-state index contributed by atoms with van der Waals surface area (Å²) in [5.74, 6) is 0.846. The van der Waals surface area contributed by atoms with Crippen LogP contribution in [0.15, 0.2) is 0 Å². The Morgan fingerprint density at radius 2 is 1.94 bits per heavy atom. The molecule has 0 spiro atoms. The van der Waals surface area contributed by atoms with Crippen LogP contribution in [0.3, 0.4) is 0 Å². The van der Waals surface area contributed by atoms with Crippen LogP contribution >= 0.6 is 0 Å². The van der Waals surface area contributed by atoms with Crippen molar-refractivity contribution in [2.45, 2.75) is 46.1 Å². The number of rotatable bonds is 3. The van der Waals surface area contributed by atoms with Crippen molar-refractivity contribution in [3.8, 4) is 0 Å². The minimum Gasteiger partial charge on any atom is -0.342 e. The van der Waals surface area contributed by atoms with Gasteiger partial charge in [0.15, 0.2) is 0 Å². The van der Waals surface area contributed by atoms with Crippen LogP contribution in [-0.2, 0) is 9.59 Å². The van der Waals surface area contributed by atoms with Crippen LogP contribution < -0.4 is 5.32 Å². The highest BCUT2D eigenvalue weighted by Crippen LogP contribution is 2.33. The first-order chi connectivity index (χ1) is 7.88. The number of piperazine rings is 1. The fourth-order valence-corrected chi connectivity index (χ4v) is 2.22. The van der Waals surface area contributed by atoms with E-state index < -0.39 is 0 Å². The predicted octanol–water partition coefficient (Wildman–Crippen LogP) is 1.16. The summed E-state index contributed by atoms with van der Waals surface area (Å²) in [6, 6.07) is -0.372. The molecule has 2 fully saturated rings. The van der Waals surface area contributed by atoms with E-state index in [1.807, 2.05) is 20.8 Å². The Balaban J connectivity index is 2.00. The molecule has 2 rings (SSSR count). The molecule has 2 aliphatic rings. The summed E-state index contributed by atoms with van der Waals surface area (Å²) >= 11 is 0. The Bertz CT molecular complexity index is 329. The van der Waals surface area contributed by atoms with Gasteiger partial charge in [-0.15, -0.1) is 0 Å². The lowest BCUT2D eigenvalue weighted by Gasteiger charge is -2.38. The van der Waals surface area contributed by atoms with Crippen molar-refractivity contribution in [3.05, 3.63) is 0 Å². The minimum atomic E-state index is -0.372. The number of hydrogen-bond acceptors (Lipinski definition) is 2. The summed E-state index contributed by atoms with van der Waals surface area (Å²) in [6.07, 6.45) is 3.63. The molecule has 1 aliphatic carbocycles. The molecule has 17 heavy (non-hydrogen) atoms. The van der Waals surface area contributed by atoms with Gasteiger partial charge in [0, 0.05) is 6.54 Å². The number of hydrogen-bond donors (Lipinski definition) is 1. The molecule has 1 atom stereocenters. The maximum atomic E-state index is 12.3.